The summed E-state index contributed by atoms with van der Waals surface area (Å²) in [4.78, 5) is 10.7. The van der Waals surface area contributed by atoms with E-state index in [1.165, 1.54) is 11.2 Å². The molecular weight excluding hydrogens is 218 g/mol. The van der Waals surface area contributed by atoms with Crippen molar-refractivity contribution in [1.29, 1.82) is 0 Å². The Kier molecular flexibility index (Phi) is 3.72. The van der Waals surface area contributed by atoms with Crippen molar-refractivity contribution in [3.05, 3.63) is 0 Å². The summed E-state index contributed by atoms with van der Waals surface area (Å²) in [5.74, 6) is -0.857. The van der Waals surface area contributed by atoms with Gasteiger partial charge in [-0.1, -0.05) is 6.92 Å². The number of hydrogen-bond acceptors (Lipinski definition) is 3. The molecule has 1 rings (SSSR count). The standard InChI is InChI=1S/C9H17NO4S/c1-3-10(6-8-4-5-8)15(13,14)7(2)9(11)12/h7-8H,3-6H2,1-2H3,(H,11,12). The monoisotopic (exact) mass is 235 g/mol. The third kappa shape index (κ3) is 2.92. The summed E-state index contributed by atoms with van der Waals surface area (Å²) in [6.45, 7) is 3.76. The predicted octanol–water partition coefficient (Wildman–Crippen LogP) is 0.521. The van der Waals surface area contributed by atoms with Crippen LogP contribution in [0.2, 0.25) is 0 Å². The first-order chi connectivity index (χ1) is 6.89. The largest absolute Gasteiger partial charge is 0.480 e. The van der Waals surface area contributed by atoms with E-state index in [4.69, 9.17) is 5.11 Å². The highest BCUT2D eigenvalue weighted by atomic mass is 32.2. The quantitative estimate of drug-likeness (QED) is 0.728. The molecule has 0 heterocycles. The third-order valence-electron chi connectivity index (χ3n) is 2.67. The van der Waals surface area contributed by atoms with Crippen molar-refractivity contribution < 1.29 is 18.3 Å². The van der Waals surface area contributed by atoms with Crippen molar-refractivity contribution in [1.82, 2.24) is 4.31 Å². The molecule has 1 unspecified atom stereocenters. The maximum Gasteiger partial charge on any atom is 0.323 e. The fourth-order valence-corrected chi connectivity index (χ4v) is 2.83. The van der Waals surface area contributed by atoms with Crippen molar-refractivity contribution in [2.24, 2.45) is 5.92 Å². The lowest BCUT2D eigenvalue weighted by molar-refractivity contribution is -0.136. The smallest absolute Gasteiger partial charge is 0.323 e. The second kappa shape index (κ2) is 4.49. The van der Waals surface area contributed by atoms with Gasteiger partial charge in [0.05, 0.1) is 0 Å². The maximum atomic E-state index is 11.8. The van der Waals surface area contributed by atoms with Gasteiger partial charge in [0.1, 0.15) is 0 Å². The lowest BCUT2D eigenvalue weighted by Crippen LogP contribution is -2.42. The predicted molar refractivity (Wildman–Crippen MR) is 56.0 cm³/mol. The van der Waals surface area contributed by atoms with Gasteiger partial charge in [0.2, 0.25) is 10.0 Å². The summed E-state index contributed by atoms with van der Waals surface area (Å²) in [6.07, 6.45) is 2.10. The Balaban J connectivity index is 2.75. The van der Waals surface area contributed by atoms with Gasteiger partial charge in [-0.3, -0.25) is 4.79 Å². The zero-order chi connectivity index (χ0) is 11.6. The number of carboxylic acids is 1. The third-order valence-corrected chi connectivity index (χ3v) is 4.89. The van der Waals surface area contributed by atoms with Crippen LogP contribution < -0.4 is 0 Å². The molecule has 1 fully saturated rings. The zero-order valence-corrected chi connectivity index (χ0v) is 9.83. The molecule has 0 radical (unpaired) electrons. The highest BCUT2D eigenvalue weighted by Crippen LogP contribution is 2.30. The van der Waals surface area contributed by atoms with Crippen molar-refractivity contribution in [2.75, 3.05) is 13.1 Å². The van der Waals surface area contributed by atoms with Gasteiger partial charge in [-0.2, -0.15) is 0 Å². The summed E-state index contributed by atoms with van der Waals surface area (Å²) in [7, 11) is -3.67. The van der Waals surface area contributed by atoms with Gasteiger partial charge in [-0.15, -0.1) is 0 Å². The summed E-state index contributed by atoms with van der Waals surface area (Å²) < 4.78 is 24.9. The Morgan fingerprint density at radius 1 is 1.53 bits per heavy atom. The fourth-order valence-electron chi connectivity index (χ4n) is 1.35. The molecule has 0 bridgehead atoms. The van der Waals surface area contributed by atoms with Gasteiger partial charge in [0, 0.05) is 13.1 Å². The van der Waals surface area contributed by atoms with Gasteiger partial charge >= 0.3 is 5.97 Å². The minimum absolute atomic E-state index is 0.344. The maximum absolute atomic E-state index is 11.8. The minimum atomic E-state index is -3.67. The molecule has 0 aromatic heterocycles. The lowest BCUT2D eigenvalue weighted by Gasteiger charge is -2.22. The molecule has 5 nitrogen and oxygen atoms in total. The number of nitrogens with zero attached hydrogens (tertiary/aromatic N) is 1. The van der Waals surface area contributed by atoms with Gasteiger partial charge in [0.15, 0.2) is 5.25 Å². The number of aliphatic carboxylic acids is 1. The van der Waals surface area contributed by atoms with E-state index in [1.807, 2.05) is 0 Å². The number of carboxylic acid groups (broad SMARTS) is 1. The molecule has 1 saturated carbocycles. The van der Waals surface area contributed by atoms with Crippen LogP contribution >= 0.6 is 0 Å². The van der Waals surface area contributed by atoms with Gasteiger partial charge in [-0.25, -0.2) is 12.7 Å². The second-order valence-corrected chi connectivity index (χ2v) is 6.17. The first-order valence-corrected chi connectivity index (χ1v) is 6.61. The Bertz CT molecular complexity index is 334. The molecule has 0 aliphatic heterocycles. The Morgan fingerprint density at radius 3 is 2.40 bits per heavy atom. The molecule has 0 spiro atoms. The molecule has 0 saturated heterocycles. The van der Waals surface area contributed by atoms with Crippen LogP contribution in [-0.2, 0) is 14.8 Å². The average Bonchev–Trinajstić information content (AvgIpc) is 2.95. The van der Waals surface area contributed by atoms with Crippen LogP contribution in [0.5, 0.6) is 0 Å². The fraction of sp³-hybridized carbons (Fsp3) is 0.889. The summed E-state index contributed by atoms with van der Waals surface area (Å²) >= 11 is 0. The van der Waals surface area contributed by atoms with Crippen LogP contribution in [0.25, 0.3) is 0 Å². The van der Waals surface area contributed by atoms with Crippen molar-refractivity contribution in [3.8, 4) is 0 Å². The van der Waals surface area contributed by atoms with Crippen LogP contribution in [0.4, 0.5) is 0 Å². The van der Waals surface area contributed by atoms with Crippen LogP contribution in [0.15, 0.2) is 0 Å². The number of rotatable bonds is 6. The molecular formula is C9H17NO4S. The molecule has 0 aromatic rings. The van der Waals surface area contributed by atoms with Crippen LogP contribution in [0, 0.1) is 5.92 Å². The molecule has 1 N–H and O–H groups in total. The van der Waals surface area contributed by atoms with E-state index in [-0.39, 0.29) is 0 Å². The molecule has 1 aliphatic rings. The Labute approximate surface area is 90.1 Å². The van der Waals surface area contributed by atoms with E-state index in [1.54, 1.807) is 6.92 Å². The van der Waals surface area contributed by atoms with Gasteiger partial charge < -0.3 is 5.11 Å². The SMILES string of the molecule is CCN(CC1CC1)S(=O)(=O)C(C)C(=O)O. The average molecular weight is 235 g/mol. The molecule has 1 atom stereocenters. The number of carbonyl (C=O) groups is 1. The van der Waals surface area contributed by atoms with Crippen molar-refractivity contribution in [3.63, 3.8) is 0 Å². The highest BCUT2D eigenvalue weighted by molar-refractivity contribution is 7.90. The van der Waals surface area contributed by atoms with Gasteiger partial charge in [-0.05, 0) is 25.7 Å². The van der Waals surface area contributed by atoms with Crippen molar-refractivity contribution in [2.45, 2.75) is 31.9 Å². The first-order valence-electron chi connectivity index (χ1n) is 5.11. The molecule has 0 amide bonds. The first kappa shape index (κ1) is 12.4. The molecule has 15 heavy (non-hydrogen) atoms. The van der Waals surface area contributed by atoms with Crippen LogP contribution in [0.3, 0.4) is 0 Å². The number of hydrogen-bond donors (Lipinski definition) is 1. The minimum Gasteiger partial charge on any atom is -0.480 e. The van der Waals surface area contributed by atoms with E-state index in [0.29, 0.717) is 19.0 Å². The number of sulfonamides is 1. The summed E-state index contributed by atoms with van der Waals surface area (Å²) in [5.41, 5.74) is 0. The van der Waals surface area contributed by atoms with E-state index >= 15 is 0 Å². The molecule has 1 aliphatic carbocycles. The molecule has 6 heteroatoms. The van der Waals surface area contributed by atoms with Crippen LogP contribution in [-0.4, -0.2) is 42.1 Å². The topological polar surface area (TPSA) is 74.7 Å². The zero-order valence-electron chi connectivity index (χ0n) is 9.01. The van der Waals surface area contributed by atoms with Gasteiger partial charge in [0.25, 0.3) is 0 Å². The molecule has 0 aromatic carbocycles. The van der Waals surface area contributed by atoms with E-state index in [9.17, 15) is 13.2 Å². The van der Waals surface area contributed by atoms with Crippen LogP contribution in [0.1, 0.15) is 26.7 Å². The Hall–Kier alpha value is -0.620. The Morgan fingerprint density at radius 2 is 2.07 bits per heavy atom. The van der Waals surface area contributed by atoms with E-state index in [2.05, 4.69) is 0 Å². The van der Waals surface area contributed by atoms with E-state index in [0.717, 1.165) is 12.8 Å². The highest BCUT2D eigenvalue weighted by Gasteiger charge is 2.36. The summed E-state index contributed by atoms with van der Waals surface area (Å²) in [5, 5.41) is 7.36. The van der Waals surface area contributed by atoms with Crippen molar-refractivity contribution >= 4 is 16.0 Å². The normalized spacial score (nSPS) is 19.1. The van der Waals surface area contributed by atoms with E-state index < -0.39 is 21.2 Å². The summed E-state index contributed by atoms with van der Waals surface area (Å²) in [6, 6.07) is 0. The molecule has 88 valence electrons. The lowest BCUT2D eigenvalue weighted by atomic mass is 10.4. The second-order valence-electron chi connectivity index (χ2n) is 3.92.